The topological polar surface area (TPSA) is 90.5 Å². The fraction of sp³-hybridized carbons (Fsp3) is 0.333. The van der Waals surface area contributed by atoms with Crippen LogP contribution in [0.1, 0.15) is 5.56 Å². The van der Waals surface area contributed by atoms with Crippen LogP contribution in [0, 0.1) is 0 Å². The molecule has 2 N–H and O–H groups in total. The lowest BCUT2D eigenvalue weighted by Crippen LogP contribution is -2.12. The van der Waals surface area contributed by atoms with Gasteiger partial charge < -0.3 is 10.5 Å². The summed E-state index contributed by atoms with van der Waals surface area (Å²) in [5, 5.41) is 9.71. The van der Waals surface area contributed by atoms with Gasteiger partial charge in [-0.25, -0.2) is 0 Å². The Bertz CT molecular complexity index is 763. The molecule has 0 spiro atoms. The number of methoxy groups -OCH3 is 1. The van der Waals surface area contributed by atoms with Crippen LogP contribution >= 0.6 is 46.6 Å². The van der Waals surface area contributed by atoms with Crippen LogP contribution in [0.4, 0.5) is 0 Å². The molecule has 1 aliphatic rings. The number of primary amides is 1. The average Bonchev–Trinajstić information content (AvgIpc) is 3.27. The first-order chi connectivity index (χ1) is 12.1. The van der Waals surface area contributed by atoms with Gasteiger partial charge in [0.25, 0.3) is 0 Å². The lowest BCUT2D eigenvalue weighted by Gasteiger charge is -2.06. The Balaban J connectivity index is 1.47. The summed E-state index contributed by atoms with van der Waals surface area (Å²) in [6.45, 7) is 0.807. The quantitative estimate of drug-likeness (QED) is 0.667. The van der Waals surface area contributed by atoms with E-state index in [9.17, 15) is 4.79 Å². The summed E-state index contributed by atoms with van der Waals surface area (Å²) in [5.74, 6) is 1.65. The predicted molar refractivity (Wildman–Crippen MR) is 106 cm³/mol. The fourth-order valence-electron chi connectivity index (χ4n) is 2.01. The molecule has 6 nitrogen and oxygen atoms in total. The smallest absolute Gasteiger partial charge is 0.227 e. The van der Waals surface area contributed by atoms with Gasteiger partial charge in [0, 0.05) is 16.6 Å². The largest absolute Gasteiger partial charge is 0.497 e. The molecular formula is C15H16N4O2S4. The first-order valence-electron chi connectivity index (χ1n) is 7.37. The van der Waals surface area contributed by atoms with E-state index < -0.39 is 0 Å². The molecular weight excluding hydrogens is 396 g/mol. The third-order valence-corrected chi connectivity index (χ3v) is 8.00. The highest BCUT2D eigenvalue weighted by molar-refractivity contribution is 8.16. The van der Waals surface area contributed by atoms with Crippen molar-refractivity contribution in [1.29, 1.82) is 0 Å². The van der Waals surface area contributed by atoms with Crippen LogP contribution in [0.25, 0.3) is 0 Å². The first-order valence-corrected chi connectivity index (χ1v) is 11.0. The zero-order chi connectivity index (χ0) is 17.6. The van der Waals surface area contributed by atoms with Crippen molar-refractivity contribution in [2.45, 2.75) is 13.9 Å². The number of nitrogens with two attached hydrogens (primary N) is 1. The van der Waals surface area contributed by atoms with Gasteiger partial charge >= 0.3 is 0 Å². The van der Waals surface area contributed by atoms with E-state index in [1.807, 2.05) is 24.3 Å². The van der Waals surface area contributed by atoms with Crippen LogP contribution in [0.3, 0.4) is 0 Å². The Hall–Kier alpha value is -1.23. The molecule has 3 rings (SSSR count). The zero-order valence-electron chi connectivity index (χ0n) is 13.4. The number of carbonyl (C=O) groups excluding carboxylic acids is 1. The average molecular weight is 413 g/mol. The minimum Gasteiger partial charge on any atom is -0.497 e. The van der Waals surface area contributed by atoms with Crippen LogP contribution in [-0.2, 0) is 4.79 Å². The van der Waals surface area contributed by atoms with E-state index in [0.717, 1.165) is 37.3 Å². The Labute approximate surface area is 162 Å². The second kappa shape index (κ2) is 8.93. The molecule has 0 saturated carbocycles. The molecule has 1 amide bonds. The number of carbonyl (C=O) groups is 1. The van der Waals surface area contributed by atoms with E-state index in [-0.39, 0.29) is 11.7 Å². The molecule has 2 heterocycles. The van der Waals surface area contributed by atoms with Gasteiger partial charge in [-0.3, -0.25) is 9.79 Å². The number of rotatable bonds is 8. The van der Waals surface area contributed by atoms with E-state index in [4.69, 9.17) is 10.5 Å². The molecule has 1 aliphatic heterocycles. The monoisotopic (exact) mass is 412 g/mol. The maximum absolute atomic E-state index is 10.8. The van der Waals surface area contributed by atoms with Gasteiger partial charge in [0.15, 0.2) is 8.68 Å². The van der Waals surface area contributed by atoms with Crippen LogP contribution < -0.4 is 10.5 Å². The number of amides is 1. The van der Waals surface area contributed by atoms with Gasteiger partial charge in [0.05, 0.1) is 24.5 Å². The summed E-state index contributed by atoms with van der Waals surface area (Å²) in [6, 6.07) is 7.97. The van der Waals surface area contributed by atoms with E-state index in [2.05, 4.69) is 15.2 Å². The third kappa shape index (κ3) is 5.37. The highest BCUT2D eigenvalue weighted by atomic mass is 32.2. The maximum atomic E-state index is 10.8. The number of benzene rings is 1. The summed E-state index contributed by atoms with van der Waals surface area (Å²) >= 11 is 6.30. The second-order valence-corrected chi connectivity index (χ2v) is 9.77. The van der Waals surface area contributed by atoms with Gasteiger partial charge in [-0.2, -0.15) is 0 Å². The fourth-order valence-corrected chi connectivity index (χ4v) is 6.06. The molecule has 1 aromatic heterocycles. The van der Waals surface area contributed by atoms with Crippen LogP contribution in [0.5, 0.6) is 5.75 Å². The molecule has 10 heteroatoms. The Morgan fingerprint density at radius 3 is 2.68 bits per heavy atom. The zero-order valence-corrected chi connectivity index (χ0v) is 16.6. The van der Waals surface area contributed by atoms with E-state index in [1.54, 1.807) is 30.6 Å². The minimum absolute atomic E-state index is 0.233. The number of hydrogen-bond donors (Lipinski definition) is 1. The van der Waals surface area contributed by atoms with Crippen molar-refractivity contribution < 1.29 is 9.53 Å². The summed E-state index contributed by atoms with van der Waals surface area (Å²) < 4.78 is 6.87. The molecule has 0 radical (unpaired) electrons. The lowest BCUT2D eigenvalue weighted by molar-refractivity contribution is -0.115. The summed E-state index contributed by atoms with van der Waals surface area (Å²) in [7, 11) is 1.66. The number of thioether (sulfide) groups is 3. The number of nitrogens with zero attached hydrogens (tertiary/aromatic N) is 3. The third-order valence-electron chi connectivity index (χ3n) is 3.17. The Kier molecular flexibility index (Phi) is 6.63. The molecule has 1 unspecified atom stereocenters. The van der Waals surface area contributed by atoms with Crippen molar-refractivity contribution in [2.75, 3.05) is 25.2 Å². The van der Waals surface area contributed by atoms with Gasteiger partial charge in [0.1, 0.15) is 5.75 Å². The number of aromatic nitrogens is 2. The van der Waals surface area contributed by atoms with Crippen molar-refractivity contribution in [3.05, 3.63) is 29.8 Å². The van der Waals surface area contributed by atoms with Gasteiger partial charge in [-0.05, 0) is 24.3 Å². The summed E-state index contributed by atoms with van der Waals surface area (Å²) in [5.41, 5.74) is 6.26. The highest BCUT2D eigenvalue weighted by Crippen LogP contribution is 2.33. The predicted octanol–water partition coefficient (Wildman–Crippen LogP) is 2.78. The molecule has 0 bridgehead atoms. The lowest BCUT2D eigenvalue weighted by atomic mass is 10.2. The van der Waals surface area contributed by atoms with Crippen LogP contribution in [0.15, 0.2) is 37.9 Å². The van der Waals surface area contributed by atoms with Crippen molar-refractivity contribution in [3.63, 3.8) is 0 Å². The Morgan fingerprint density at radius 2 is 2.00 bits per heavy atom. The summed E-state index contributed by atoms with van der Waals surface area (Å²) in [4.78, 5) is 15.4. The molecule has 25 heavy (non-hydrogen) atoms. The highest BCUT2D eigenvalue weighted by Gasteiger charge is 2.21. The van der Waals surface area contributed by atoms with Crippen molar-refractivity contribution in [1.82, 2.24) is 10.2 Å². The molecule has 1 aromatic carbocycles. The minimum atomic E-state index is -0.347. The van der Waals surface area contributed by atoms with Crippen molar-refractivity contribution in [2.24, 2.45) is 10.7 Å². The van der Waals surface area contributed by atoms with Crippen LogP contribution in [-0.4, -0.2) is 51.6 Å². The normalized spacial score (nSPS) is 16.7. The van der Waals surface area contributed by atoms with E-state index >= 15 is 0 Å². The van der Waals surface area contributed by atoms with Gasteiger partial charge in [-0.15, -0.1) is 22.0 Å². The number of hydrogen-bond acceptors (Lipinski definition) is 9. The summed E-state index contributed by atoms with van der Waals surface area (Å²) in [6.07, 6.45) is 0. The second-order valence-electron chi connectivity index (χ2n) is 5.01. The molecule has 1 atom stereocenters. The van der Waals surface area contributed by atoms with E-state index in [1.165, 1.54) is 23.1 Å². The molecule has 0 saturated heterocycles. The molecule has 0 fully saturated rings. The maximum Gasteiger partial charge on any atom is 0.227 e. The van der Waals surface area contributed by atoms with Crippen LogP contribution in [0.2, 0.25) is 0 Å². The van der Waals surface area contributed by atoms with Crippen molar-refractivity contribution >= 4 is 57.6 Å². The van der Waals surface area contributed by atoms with Crippen molar-refractivity contribution in [3.8, 4) is 5.75 Å². The first kappa shape index (κ1) is 18.6. The SMILES string of the molecule is COc1ccc(C2=NCC(CSc3nnc(SCC(N)=O)s3)S2)cc1. The Morgan fingerprint density at radius 1 is 1.28 bits per heavy atom. The van der Waals surface area contributed by atoms with Gasteiger partial charge in [-0.1, -0.05) is 34.9 Å². The standard InChI is InChI=1S/C15H16N4O2S4/c1-21-10-4-2-9(3-5-10)13-17-6-11(24-13)7-22-14-18-19-15(25-14)23-8-12(16)20/h2-5,11H,6-8H2,1H3,(H2,16,20). The molecule has 132 valence electrons. The van der Waals surface area contributed by atoms with Gasteiger partial charge in [0.2, 0.25) is 5.91 Å². The molecule has 2 aromatic rings. The number of ether oxygens (including phenoxy) is 1. The molecule has 0 aliphatic carbocycles. The number of aliphatic imine (C=N–C) groups is 1. The van der Waals surface area contributed by atoms with E-state index in [0.29, 0.717) is 5.25 Å².